The molecule has 0 aliphatic carbocycles. The van der Waals surface area contributed by atoms with Gasteiger partial charge in [0, 0.05) is 12.0 Å². The number of para-hydroxylation sites is 1. The summed E-state index contributed by atoms with van der Waals surface area (Å²) in [5.41, 5.74) is 1.42. The first-order valence-corrected chi connectivity index (χ1v) is 5.85. The molecule has 3 rings (SSSR count). The summed E-state index contributed by atoms with van der Waals surface area (Å²) in [5, 5.41) is 13.2. The second kappa shape index (κ2) is 4.47. The number of fused-ring (bicyclic) bond motifs is 1. The van der Waals surface area contributed by atoms with Crippen molar-refractivity contribution in [1.29, 1.82) is 0 Å². The van der Waals surface area contributed by atoms with Crippen molar-refractivity contribution in [2.45, 2.75) is 13.0 Å². The minimum Gasteiger partial charge on any atom is -0.476 e. The molecule has 0 unspecified atom stereocenters. The van der Waals surface area contributed by atoms with Gasteiger partial charge in [-0.15, -0.1) is 0 Å². The van der Waals surface area contributed by atoms with E-state index in [0.29, 0.717) is 24.3 Å². The number of rotatable bonds is 2. The van der Waals surface area contributed by atoms with Crippen molar-refractivity contribution in [2.24, 2.45) is 0 Å². The van der Waals surface area contributed by atoms with Gasteiger partial charge in [-0.25, -0.2) is 13.9 Å². The maximum absolute atomic E-state index is 13.8. The highest BCUT2D eigenvalue weighted by Crippen LogP contribution is 2.25. The van der Waals surface area contributed by atoms with Crippen LogP contribution in [-0.2, 0) is 17.8 Å². The molecule has 6 heteroatoms. The number of carboxylic acid groups (broad SMARTS) is 1. The lowest BCUT2D eigenvalue weighted by Gasteiger charge is -2.14. The minimum atomic E-state index is -1.13. The van der Waals surface area contributed by atoms with Crippen LogP contribution in [-0.4, -0.2) is 27.5 Å². The van der Waals surface area contributed by atoms with E-state index in [-0.39, 0.29) is 18.0 Å². The third kappa shape index (κ3) is 1.90. The predicted octanol–water partition coefficient (Wildman–Crippen LogP) is 1.78. The molecule has 0 radical (unpaired) electrons. The number of benzene rings is 1. The van der Waals surface area contributed by atoms with E-state index in [1.54, 1.807) is 18.2 Å². The fourth-order valence-electron chi connectivity index (χ4n) is 2.23. The summed E-state index contributed by atoms with van der Waals surface area (Å²) in [4.78, 5) is 11.2. The Morgan fingerprint density at radius 2 is 2.21 bits per heavy atom. The third-order valence-corrected chi connectivity index (χ3v) is 3.10. The number of aromatic nitrogens is 2. The molecule has 1 aliphatic rings. The van der Waals surface area contributed by atoms with E-state index in [1.807, 2.05) is 0 Å². The highest BCUT2D eigenvalue weighted by atomic mass is 19.1. The lowest BCUT2D eigenvalue weighted by atomic mass is 10.1. The zero-order valence-electron chi connectivity index (χ0n) is 9.97. The highest BCUT2D eigenvalue weighted by Gasteiger charge is 2.26. The molecule has 1 aromatic heterocycles. The van der Waals surface area contributed by atoms with E-state index >= 15 is 0 Å². The summed E-state index contributed by atoms with van der Waals surface area (Å²) in [7, 11) is 0. The normalized spacial score (nSPS) is 14.2. The molecule has 19 heavy (non-hydrogen) atoms. The fraction of sp³-hybridized carbons (Fsp3) is 0.231. The number of carboxylic acids is 1. The molecule has 1 aliphatic heterocycles. The van der Waals surface area contributed by atoms with Gasteiger partial charge in [-0.2, -0.15) is 5.10 Å². The molecule has 2 heterocycles. The van der Waals surface area contributed by atoms with Crippen molar-refractivity contribution in [3.63, 3.8) is 0 Å². The van der Waals surface area contributed by atoms with Gasteiger partial charge < -0.3 is 9.84 Å². The van der Waals surface area contributed by atoms with Crippen molar-refractivity contribution >= 4 is 5.97 Å². The molecule has 0 fully saturated rings. The van der Waals surface area contributed by atoms with E-state index in [2.05, 4.69) is 5.10 Å². The van der Waals surface area contributed by atoms with Gasteiger partial charge in [0.05, 0.1) is 18.9 Å². The van der Waals surface area contributed by atoms with E-state index in [1.165, 1.54) is 10.7 Å². The quantitative estimate of drug-likeness (QED) is 0.896. The van der Waals surface area contributed by atoms with Crippen molar-refractivity contribution in [3.8, 4) is 5.69 Å². The highest BCUT2D eigenvalue weighted by molar-refractivity contribution is 5.87. The molecule has 5 nitrogen and oxygen atoms in total. The maximum atomic E-state index is 13.8. The Bertz CT molecular complexity index is 651. The molecule has 0 spiro atoms. The summed E-state index contributed by atoms with van der Waals surface area (Å²) in [6, 6.07) is 6.16. The smallest absolute Gasteiger partial charge is 0.356 e. The van der Waals surface area contributed by atoms with Gasteiger partial charge in [0.15, 0.2) is 5.69 Å². The van der Waals surface area contributed by atoms with Crippen LogP contribution in [0.15, 0.2) is 24.3 Å². The molecule has 0 bridgehead atoms. The van der Waals surface area contributed by atoms with Gasteiger partial charge in [-0.05, 0) is 12.1 Å². The molecule has 2 aromatic rings. The lowest BCUT2D eigenvalue weighted by molar-refractivity contribution is 0.0677. The molecule has 98 valence electrons. The number of nitrogens with zero attached hydrogens (tertiary/aromatic N) is 2. The molecular formula is C13H11FN2O3. The number of hydrogen-bond acceptors (Lipinski definition) is 3. The van der Waals surface area contributed by atoms with Crippen LogP contribution >= 0.6 is 0 Å². The molecule has 0 atom stereocenters. The van der Waals surface area contributed by atoms with Crippen LogP contribution < -0.4 is 0 Å². The van der Waals surface area contributed by atoms with E-state index in [4.69, 9.17) is 9.84 Å². The van der Waals surface area contributed by atoms with Gasteiger partial charge >= 0.3 is 5.97 Å². The molecular weight excluding hydrogens is 251 g/mol. The number of carbonyl (C=O) groups is 1. The average Bonchev–Trinajstić information content (AvgIpc) is 2.79. The largest absolute Gasteiger partial charge is 0.476 e. The Hall–Kier alpha value is -2.21. The molecule has 1 aromatic carbocycles. The van der Waals surface area contributed by atoms with Crippen LogP contribution in [0.3, 0.4) is 0 Å². The van der Waals surface area contributed by atoms with Crippen molar-refractivity contribution < 1.29 is 19.0 Å². The first kappa shape index (κ1) is 11.9. The maximum Gasteiger partial charge on any atom is 0.356 e. The summed E-state index contributed by atoms with van der Waals surface area (Å²) >= 11 is 0. The first-order chi connectivity index (χ1) is 9.18. The van der Waals surface area contributed by atoms with Gasteiger partial charge in [0.2, 0.25) is 0 Å². The Morgan fingerprint density at radius 1 is 1.42 bits per heavy atom. The SMILES string of the molecule is O=C(O)c1nn(-c2ccccc2F)c2c1COCC2. The Morgan fingerprint density at radius 3 is 2.95 bits per heavy atom. The first-order valence-electron chi connectivity index (χ1n) is 5.85. The average molecular weight is 262 g/mol. The monoisotopic (exact) mass is 262 g/mol. The van der Waals surface area contributed by atoms with Crippen molar-refractivity contribution in [2.75, 3.05) is 6.61 Å². The third-order valence-electron chi connectivity index (χ3n) is 3.10. The van der Waals surface area contributed by atoms with Crippen molar-refractivity contribution in [3.05, 3.63) is 47.0 Å². The molecule has 0 saturated heterocycles. The Labute approximate surface area is 108 Å². The molecule has 0 amide bonds. The van der Waals surface area contributed by atoms with Crippen molar-refractivity contribution in [1.82, 2.24) is 9.78 Å². The standard InChI is InChI=1S/C13H11FN2O3/c14-9-3-1-2-4-11(9)16-10-5-6-19-7-8(10)12(15-16)13(17)18/h1-4H,5-7H2,(H,17,18). The van der Waals surface area contributed by atoms with Crippen LogP contribution in [0, 0.1) is 5.82 Å². The number of hydrogen-bond donors (Lipinski definition) is 1. The zero-order valence-corrected chi connectivity index (χ0v) is 9.97. The number of halogens is 1. The van der Waals surface area contributed by atoms with E-state index in [0.717, 1.165) is 0 Å². The Kier molecular flexibility index (Phi) is 2.79. The second-order valence-corrected chi connectivity index (χ2v) is 4.24. The summed E-state index contributed by atoms with van der Waals surface area (Å²) in [5.74, 6) is -1.56. The molecule has 0 saturated carbocycles. The van der Waals surface area contributed by atoms with Gasteiger partial charge in [0.1, 0.15) is 11.5 Å². The van der Waals surface area contributed by atoms with Crippen LogP contribution in [0.5, 0.6) is 0 Å². The topological polar surface area (TPSA) is 64.3 Å². The van der Waals surface area contributed by atoms with Crippen LogP contribution in [0.2, 0.25) is 0 Å². The van der Waals surface area contributed by atoms with Gasteiger partial charge in [0.25, 0.3) is 0 Å². The lowest BCUT2D eigenvalue weighted by Crippen LogP contribution is -2.14. The van der Waals surface area contributed by atoms with Crippen LogP contribution in [0.1, 0.15) is 21.7 Å². The minimum absolute atomic E-state index is 0.0713. The second-order valence-electron chi connectivity index (χ2n) is 4.24. The van der Waals surface area contributed by atoms with Crippen LogP contribution in [0.25, 0.3) is 5.69 Å². The summed E-state index contributed by atoms with van der Waals surface area (Å²) in [6.07, 6.45) is 0.518. The summed E-state index contributed by atoms with van der Waals surface area (Å²) in [6.45, 7) is 0.678. The van der Waals surface area contributed by atoms with Gasteiger partial charge in [-0.1, -0.05) is 12.1 Å². The van der Waals surface area contributed by atoms with E-state index in [9.17, 15) is 9.18 Å². The predicted molar refractivity (Wildman–Crippen MR) is 63.8 cm³/mol. The summed E-state index contributed by atoms with van der Waals surface area (Å²) < 4.78 is 20.4. The number of aromatic carboxylic acids is 1. The molecule has 1 N–H and O–H groups in total. The fourth-order valence-corrected chi connectivity index (χ4v) is 2.23. The van der Waals surface area contributed by atoms with E-state index < -0.39 is 11.8 Å². The number of ether oxygens (including phenoxy) is 1. The zero-order chi connectivity index (χ0) is 13.4. The van der Waals surface area contributed by atoms with Gasteiger partial charge in [-0.3, -0.25) is 0 Å². The Balaban J connectivity index is 2.22. The van der Waals surface area contributed by atoms with Crippen LogP contribution in [0.4, 0.5) is 4.39 Å².